The Balaban J connectivity index is 1.89. The molecule has 0 aliphatic heterocycles. The Morgan fingerprint density at radius 3 is 3.06 bits per heavy atom. The first-order chi connectivity index (χ1) is 8.19. The lowest BCUT2D eigenvalue weighted by molar-refractivity contribution is -0.137. The van der Waals surface area contributed by atoms with Crippen molar-refractivity contribution in [2.45, 2.75) is 24.4 Å². The number of anilines is 1. The molecule has 1 heterocycles. The summed E-state index contributed by atoms with van der Waals surface area (Å²) in [5, 5.41) is 4.03. The van der Waals surface area contributed by atoms with Crippen molar-refractivity contribution >= 4 is 23.5 Å². The fourth-order valence-corrected chi connectivity index (χ4v) is 2.07. The van der Waals surface area contributed by atoms with Gasteiger partial charge in [-0.1, -0.05) is 18.7 Å². The van der Waals surface area contributed by atoms with E-state index in [0.29, 0.717) is 12.0 Å². The van der Waals surface area contributed by atoms with E-state index < -0.39 is 0 Å². The van der Waals surface area contributed by atoms with E-state index in [1.807, 2.05) is 0 Å². The van der Waals surface area contributed by atoms with Gasteiger partial charge >= 0.3 is 5.97 Å². The summed E-state index contributed by atoms with van der Waals surface area (Å²) in [6.07, 6.45) is 4.53. The number of rotatable bonds is 5. The molecule has 17 heavy (non-hydrogen) atoms. The summed E-state index contributed by atoms with van der Waals surface area (Å²) in [5.74, 6) is 1.48. The molecule has 2 unspecified atom stereocenters. The third-order valence-corrected chi connectivity index (χ3v) is 3.49. The maximum Gasteiger partial charge on any atom is 0.316 e. The molecule has 1 N–H and O–H groups in total. The average Bonchev–Trinajstić information content (AvgIpc) is 3.02. The summed E-state index contributed by atoms with van der Waals surface area (Å²) < 4.78 is 4.57. The third-order valence-electron chi connectivity index (χ3n) is 2.62. The van der Waals surface area contributed by atoms with Crippen molar-refractivity contribution in [3.05, 3.63) is 12.4 Å². The van der Waals surface area contributed by atoms with Crippen molar-refractivity contribution in [1.82, 2.24) is 9.97 Å². The number of thioether (sulfide) groups is 1. The minimum absolute atomic E-state index is 0.258. The molecular weight excluding hydrogens is 238 g/mol. The number of esters is 1. The van der Waals surface area contributed by atoms with Crippen LogP contribution in [0.5, 0.6) is 0 Å². The van der Waals surface area contributed by atoms with E-state index >= 15 is 0 Å². The van der Waals surface area contributed by atoms with Crippen LogP contribution in [0.3, 0.4) is 0 Å². The van der Waals surface area contributed by atoms with Crippen LogP contribution in [0.15, 0.2) is 17.4 Å². The number of hydrogen-bond donors (Lipinski definition) is 1. The van der Waals surface area contributed by atoms with Gasteiger partial charge in [0.05, 0.1) is 25.3 Å². The van der Waals surface area contributed by atoms with E-state index in [0.717, 1.165) is 10.8 Å². The second-order valence-corrected chi connectivity index (χ2v) is 5.07. The fourth-order valence-electron chi connectivity index (χ4n) is 1.39. The standard InChI is InChI=1S/C11H15N3O2S/c1-7-3-8(7)13-9-4-12-5-10(14-9)17-6-11(15)16-2/h4-5,7-8H,3,6H2,1-2H3,(H,13,14). The summed E-state index contributed by atoms with van der Waals surface area (Å²) in [5.41, 5.74) is 0. The number of nitrogens with one attached hydrogen (secondary N) is 1. The molecule has 1 aliphatic rings. The van der Waals surface area contributed by atoms with Gasteiger partial charge < -0.3 is 10.1 Å². The summed E-state index contributed by atoms with van der Waals surface area (Å²) in [6.45, 7) is 2.20. The van der Waals surface area contributed by atoms with E-state index in [9.17, 15) is 4.79 Å². The minimum atomic E-state index is -0.258. The second-order valence-electron chi connectivity index (χ2n) is 4.07. The molecule has 0 spiro atoms. The third kappa shape index (κ3) is 3.59. The normalized spacial score (nSPS) is 22.0. The van der Waals surface area contributed by atoms with Crippen LogP contribution in [0.2, 0.25) is 0 Å². The number of carbonyl (C=O) groups excluding carboxylic acids is 1. The Bertz CT molecular complexity index is 413. The van der Waals surface area contributed by atoms with E-state index in [-0.39, 0.29) is 11.7 Å². The first-order valence-corrected chi connectivity index (χ1v) is 6.46. The largest absolute Gasteiger partial charge is 0.468 e. The Labute approximate surface area is 104 Å². The molecule has 5 nitrogen and oxygen atoms in total. The van der Waals surface area contributed by atoms with Gasteiger partial charge in [0.1, 0.15) is 10.8 Å². The summed E-state index contributed by atoms with van der Waals surface area (Å²) >= 11 is 1.33. The second kappa shape index (κ2) is 5.35. The maximum absolute atomic E-state index is 11.0. The zero-order valence-corrected chi connectivity index (χ0v) is 10.7. The molecule has 1 fully saturated rings. The quantitative estimate of drug-likeness (QED) is 0.634. The van der Waals surface area contributed by atoms with Crippen molar-refractivity contribution in [2.24, 2.45) is 5.92 Å². The predicted octanol–water partition coefficient (Wildman–Crippen LogP) is 1.56. The predicted molar refractivity (Wildman–Crippen MR) is 66.0 cm³/mol. The maximum atomic E-state index is 11.0. The summed E-state index contributed by atoms with van der Waals surface area (Å²) in [6, 6.07) is 0.519. The molecule has 6 heteroatoms. The highest BCUT2D eigenvalue weighted by molar-refractivity contribution is 7.99. The van der Waals surface area contributed by atoms with Gasteiger partial charge in [-0.2, -0.15) is 0 Å². The molecule has 2 rings (SSSR count). The Hall–Kier alpha value is -1.30. The number of aromatic nitrogens is 2. The van der Waals surface area contributed by atoms with Crippen LogP contribution in [0.25, 0.3) is 0 Å². The zero-order valence-electron chi connectivity index (χ0n) is 9.84. The topological polar surface area (TPSA) is 64.1 Å². The highest BCUT2D eigenvalue weighted by atomic mass is 32.2. The van der Waals surface area contributed by atoms with Crippen LogP contribution < -0.4 is 5.32 Å². The van der Waals surface area contributed by atoms with Gasteiger partial charge in [-0.25, -0.2) is 4.98 Å². The van der Waals surface area contributed by atoms with Crippen LogP contribution in [0, 0.1) is 5.92 Å². The van der Waals surface area contributed by atoms with Gasteiger partial charge in [-0.05, 0) is 12.3 Å². The monoisotopic (exact) mass is 253 g/mol. The van der Waals surface area contributed by atoms with E-state index in [4.69, 9.17) is 0 Å². The first kappa shape index (κ1) is 12.2. The van der Waals surface area contributed by atoms with Crippen molar-refractivity contribution in [2.75, 3.05) is 18.2 Å². The van der Waals surface area contributed by atoms with Crippen LogP contribution in [-0.4, -0.2) is 34.8 Å². The highest BCUT2D eigenvalue weighted by Crippen LogP contribution is 2.32. The average molecular weight is 253 g/mol. The minimum Gasteiger partial charge on any atom is -0.468 e. The molecular formula is C11H15N3O2S. The van der Waals surface area contributed by atoms with Crippen molar-refractivity contribution < 1.29 is 9.53 Å². The van der Waals surface area contributed by atoms with Gasteiger partial charge in [-0.15, -0.1) is 0 Å². The van der Waals surface area contributed by atoms with Gasteiger partial charge in [0.15, 0.2) is 0 Å². The number of nitrogens with zero attached hydrogens (tertiary/aromatic N) is 2. The number of carbonyl (C=O) groups is 1. The van der Waals surface area contributed by atoms with Gasteiger partial charge in [0.2, 0.25) is 0 Å². The van der Waals surface area contributed by atoms with Crippen molar-refractivity contribution in [3.8, 4) is 0 Å². The smallest absolute Gasteiger partial charge is 0.316 e. The summed E-state index contributed by atoms with van der Waals surface area (Å²) in [4.78, 5) is 19.5. The van der Waals surface area contributed by atoms with Gasteiger partial charge in [0.25, 0.3) is 0 Å². The number of hydrogen-bond acceptors (Lipinski definition) is 6. The molecule has 0 aromatic carbocycles. The highest BCUT2D eigenvalue weighted by Gasteiger charge is 2.32. The molecule has 1 aromatic rings. The molecule has 92 valence electrons. The molecule has 0 amide bonds. The number of methoxy groups -OCH3 is 1. The SMILES string of the molecule is COC(=O)CSc1cncc(NC2CC2C)n1. The molecule has 0 radical (unpaired) electrons. The lowest BCUT2D eigenvalue weighted by Gasteiger charge is -2.05. The lowest BCUT2D eigenvalue weighted by atomic mass is 10.5. The Morgan fingerprint density at radius 2 is 2.41 bits per heavy atom. The molecule has 0 bridgehead atoms. The van der Waals surface area contributed by atoms with E-state index in [1.165, 1.54) is 25.3 Å². The van der Waals surface area contributed by atoms with Crippen LogP contribution >= 0.6 is 11.8 Å². The first-order valence-electron chi connectivity index (χ1n) is 5.47. The zero-order chi connectivity index (χ0) is 12.3. The summed E-state index contributed by atoms with van der Waals surface area (Å²) in [7, 11) is 1.38. The Morgan fingerprint density at radius 1 is 1.65 bits per heavy atom. The molecule has 1 aromatic heterocycles. The molecule has 2 atom stereocenters. The van der Waals surface area contributed by atoms with Gasteiger partial charge in [-0.3, -0.25) is 9.78 Å². The molecule has 1 saturated carbocycles. The molecule has 0 saturated heterocycles. The van der Waals surface area contributed by atoms with Crippen molar-refractivity contribution in [3.63, 3.8) is 0 Å². The lowest BCUT2D eigenvalue weighted by Crippen LogP contribution is -2.07. The Kier molecular flexibility index (Phi) is 3.83. The number of ether oxygens (including phenoxy) is 1. The van der Waals surface area contributed by atoms with Gasteiger partial charge in [0, 0.05) is 6.04 Å². The van der Waals surface area contributed by atoms with Crippen molar-refractivity contribution in [1.29, 1.82) is 0 Å². The molecule has 1 aliphatic carbocycles. The van der Waals surface area contributed by atoms with Crippen LogP contribution in [0.4, 0.5) is 5.82 Å². The van der Waals surface area contributed by atoms with Crippen LogP contribution in [-0.2, 0) is 9.53 Å². The van der Waals surface area contributed by atoms with E-state index in [2.05, 4.69) is 26.9 Å². The van der Waals surface area contributed by atoms with Crippen LogP contribution in [0.1, 0.15) is 13.3 Å². The fraction of sp³-hybridized carbons (Fsp3) is 0.545. The van der Waals surface area contributed by atoms with E-state index in [1.54, 1.807) is 12.4 Å².